The number of nitrogens with zero attached hydrogens (tertiary/aromatic N) is 2. The van der Waals surface area contributed by atoms with Crippen molar-refractivity contribution < 1.29 is 0 Å². The highest BCUT2D eigenvalue weighted by molar-refractivity contribution is 5.09. The molecule has 1 aromatic heterocycles. The fourth-order valence-corrected chi connectivity index (χ4v) is 2.53. The molecule has 1 fully saturated rings. The van der Waals surface area contributed by atoms with Crippen molar-refractivity contribution in [2.24, 2.45) is 0 Å². The molecule has 3 heteroatoms. The van der Waals surface area contributed by atoms with E-state index in [0.29, 0.717) is 6.04 Å². The van der Waals surface area contributed by atoms with Gasteiger partial charge in [-0.25, -0.2) is 0 Å². The fraction of sp³-hybridized carbons (Fsp3) is 0.643. The summed E-state index contributed by atoms with van der Waals surface area (Å²) < 4.78 is 0. The first-order valence-corrected chi connectivity index (χ1v) is 6.74. The van der Waals surface area contributed by atoms with Crippen LogP contribution in [0.1, 0.15) is 31.7 Å². The lowest BCUT2D eigenvalue weighted by molar-refractivity contribution is 0.188. The molecule has 0 bridgehead atoms. The predicted molar refractivity (Wildman–Crippen MR) is 70.8 cm³/mol. The van der Waals surface area contributed by atoms with Gasteiger partial charge in [0.2, 0.25) is 0 Å². The highest BCUT2D eigenvalue weighted by atomic mass is 15.2. The molecule has 2 rings (SSSR count). The highest BCUT2D eigenvalue weighted by Gasteiger charge is 2.18. The summed E-state index contributed by atoms with van der Waals surface area (Å²) in [6, 6.07) is 4.93. The number of rotatable bonds is 4. The van der Waals surface area contributed by atoms with Gasteiger partial charge in [-0.05, 0) is 43.6 Å². The van der Waals surface area contributed by atoms with E-state index in [0.717, 1.165) is 19.6 Å². The SMILES string of the molecule is CCN(Cc1ccncc1)C1CCCCNC1. The van der Waals surface area contributed by atoms with Crippen LogP contribution in [0.2, 0.25) is 0 Å². The third-order valence-electron chi connectivity index (χ3n) is 3.58. The van der Waals surface area contributed by atoms with Crippen molar-refractivity contribution in [3.8, 4) is 0 Å². The molecule has 1 aliphatic rings. The van der Waals surface area contributed by atoms with E-state index < -0.39 is 0 Å². The smallest absolute Gasteiger partial charge is 0.0271 e. The molecule has 2 heterocycles. The molecule has 1 aliphatic heterocycles. The van der Waals surface area contributed by atoms with Gasteiger partial charge in [-0.15, -0.1) is 0 Å². The average molecular weight is 233 g/mol. The summed E-state index contributed by atoms with van der Waals surface area (Å²) >= 11 is 0. The largest absolute Gasteiger partial charge is 0.315 e. The first-order chi connectivity index (χ1) is 8.40. The van der Waals surface area contributed by atoms with Crippen LogP contribution in [0.15, 0.2) is 24.5 Å². The maximum absolute atomic E-state index is 4.08. The van der Waals surface area contributed by atoms with Gasteiger partial charge < -0.3 is 5.32 Å². The average Bonchev–Trinajstić information content (AvgIpc) is 2.66. The fourth-order valence-electron chi connectivity index (χ4n) is 2.53. The van der Waals surface area contributed by atoms with Gasteiger partial charge in [0.1, 0.15) is 0 Å². The van der Waals surface area contributed by atoms with Crippen LogP contribution in [0.25, 0.3) is 0 Å². The molecule has 1 aromatic rings. The summed E-state index contributed by atoms with van der Waals surface area (Å²) in [6.45, 7) is 6.74. The molecule has 94 valence electrons. The molecule has 1 saturated heterocycles. The van der Waals surface area contributed by atoms with Crippen LogP contribution >= 0.6 is 0 Å². The van der Waals surface area contributed by atoms with Crippen molar-refractivity contribution in [3.63, 3.8) is 0 Å². The van der Waals surface area contributed by atoms with Crippen LogP contribution in [0, 0.1) is 0 Å². The Balaban J connectivity index is 1.95. The molecule has 0 aliphatic carbocycles. The summed E-state index contributed by atoms with van der Waals surface area (Å²) in [4.78, 5) is 6.65. The lowest BCUT2D eigenvalue weighted by Gasteiger charge is -2.30. The predicted octanol–water partition coefficient (Wildman–Crippen LogP) is 2.05. The van der Waals surface area contributed by atoms with Gasteiger partial charge in [0.05, 0.1) is 0 Å². The zero-order valence-electron chi connectivity index (χ0n) is 10.7. The quantitative estimate of drug-likeness (QED) is 0.862. The Morgan fingerprint density at radius 2 is 2.18 bits per heavy atom. The molecule has 0 saturated carbocycles. The highest BCUT2D eigenvalue weighted by Crippen LogP contribution is 2.14. The van der Waals surface area contributed by atoms with Crippen LogP contribution in [0.5, 0.6) is 0 Å². The molecule has 1 N–H and O–H groups in total. The Bertz CT molecular complexity index is 305. The molecular formula is C14H23N3. The number of hydrogen-bond acceptors (Lipinski definition) is 3. The minimum Gasteiger partial charge on any atom is -0.315 e. The van der Waals surface area contributed by atoms with E-state index >= 15 is 0 Å². The normalized spacial score (nSPS) is 21.4. The molecule has 0 spiro atoms. The standard InChI is InChI=1S/C14H23N3/c1-2-17(12-13-6-9-15-10-7-13)14-5-3-4-8-16-11-14/h6-7,9-10,14,16H,2-5,8,11-12H2,1H3. The van der Waals surface area contributed by atoms with Gasteiger partial charge in [-0.1, -0.05) is 13.3 Å². The topological polar surface area (TPSA) is 28.2 Å². The minimum absolute atomic E-state index is 0.690. The third-order valence-corrected chi connectivity index (χ3v) is 3.58. The van der Waals surface area contributed by atoms with E-state index in [2.05, 4.69) is 34.3 Å². The lowest BCUT2D eigenvalue weighted by Crippen LogP contribution is -2.40. The summed E-state index contributed by atoms with van der Waals surface area (Å²) in [7, 11) is 0. The molecule has 3 nitrogen and oxygen atoms in total. The number of nitrogens with one attached hydrogen (secondary N) is 1. The second-order valence-electron chi connectivity index (χ2n) is 4.77. The molecule has 0 aromatic carbocycles. The first-order valence-electron chi connectivity index (χ1n) is 6.74. The Hall–Kier alpha value is -0.930. The van der Waals surface area contributed by atoms with Gasteiger partial charge in [0.25, 0.3) is 0 Å². The first kappa shape index (κ1) is 12.5. The third kappa shape index (κ3) is 3.79. The van der Waals surface area contributed by atoms with Crippen molar-refractivity contribution in [2.45, 2.75) is 38.8 Å². The summed E-state index contributed by atoms with van der Waals surface area (Å²) in [6.07, 6.45) is 7.77. The maximum atomic E-state index is 4.08. The van der Waals surface area contributed by atoms with E-state index in [-0.39, 0.29) is 0 Å². The number of hydrogen-bond donors (Lipinski definition) is 1. The Kier molecular flexibility index (Phi) is 4.95. The van der Waals surface area contributed by atoms with Gasteiger partial charge in [-0.3, -0.25) is 9.88 Å². The van der Waals surface area contributed by atoms with Crippen molar-refractivity contribution in [1.29, 1.82) is 0 Å². The Morgan fingerprint density at radius 3 is 2.94 bits per heavy atom. The maximum Gasteiger partial charge on any atom is 0.0271 e. The van der Waals surface area contributed by atoms with Crippen LogP contribution in [0.4, 0.5) is 0 Å². The van der Waals surface area contributed by atoms with Crippen molar-refractivity contribution >= 4 is 0 Å². The summed E-state index contributed by atoms with van der Waals surface area (Å²) in [5.74, 6) is 0. The van der Waals surface area contributed by atoms with Crippen LogP contribution < -0.4 is 5.32 Å². The lowest BCUT2D eigenvalue weighted by atomic mass is 10.1. The monoisotopic (exact) mass is 233 g/mol. The van der Waals surface area contributed by atoms with E-state index in [1.165, 1.54) is 31.4 Å². The van der Waals surface area contributed by atoms with E-state index in [1.54, 1.807) is 0 Å². The minimum atomic E-state index is 0.690. The van der Waals surface area contributed by atoms with Gasteiger partial charge >= 0.3 is 0 Å². The Labute approximate surface area is 104 Å². The molecule has 0 amide bonds. The molecule has 0 radical (unpaired) electrons. The summed E-state index contributed by atoms with van der Waals surface area (Å²) in [5, 5.41) is 3.54. The van der Waals surface area contributed by atoms with Crippen LogP contribution in [-0.4, -0.2) is 35.6 Å². The van der Waals surface area contributed by atoms with Crippen molar-refractivity contribution in [2.75, 3.05) is 19.6 Å². The zero-order chi connectivity index (χ0) is 11.9. The molecule has 1 atom stereocenters. The van der Waals surface area contributed by atoms with Gasteiger partial charge in [0.15, 0.2) is 0 Å². The van der Waals surface area contributed by atoms with E-state index in [9.17, 15) is 0 Å². The van der Waals surface area contributed by atoms with Crippen molar-refractivity contribution in [3.05, 3.63) is 30.1 Å². The number of aromatic nitrogens is 1. The van der Waals surface area contributed by atoms with Crippen molar-refractivity contribution in [1.82, 2.24) is 15.2 Å². The second-order valence-corrected chi connectivity index (χ2v) is 4.77. The zero-order valence-corrected chi connectivity index (χ0v) is 10.7. The van der Waals surface area contributed by atoms with E-state index in [1.807, 2.05) is 12.4 Å². The number of likely N-dealkylation sites (N-methyl/N-ethyl adjacent to an activating group) is 1. The van der Waals surface area contributed by atoms with Gasteiger partial charge in [-0.2, -0.15) is 0 Å². The molecular weight excluding hydrogens is 210 g/mol. The molecule has 1 unspecified atom stereocenters. The van der Waals surface area contributed by atoms with E-state index in [4.69, 9.17) is 0 Å². The Morgan fingerprint density at radius 1 is 1.35 bits per heavy atom. The summed E-state index contributed by atoms with van der Waals surface area (Å²) in [5.41, 5.74) is 1.37. The van der Waals surface area contributed by atoms with Crippen LogP contribution in [-0.2, 0) is 6.54 Å². The van der Waals surface area contributed by atoms with Gasteiger partial charge in [0, 0.05) is 31.5 Å². The number of pyridine rings is 1. The second kappa shape index (κ2) is 6.72. The molecule has 17 heavy (non-hydrogen) atoms. The van der Waals surface area contributed by atoms with Crippen LogP contribution in [0.3, 0.4) is 0 Å².